The number of hydrogen-bond donors (Lipinski definition) is 2. The van der Waals surface area contributed by atoms with Crippen molar-refractivity contribution in [1.82, 2.24) is 0 Å². The Labute approximate surface area is 96.0 Å². The largest absolute Gasteiger partial charge is 0.328 e. The Bertz CT molecular complexity index is 405. The zero-order chi connectivity index (χ0) is 12.0. The molecule has 0 aromatic heterocycles. The molecule has 1 amide bonds. The van der Waals surface area contributed by atoms with E-state index < -0.39 is 0 Å². The van der Waals surface area contributed by atoms with Crippen LogP contribution in [0.5, 0.6) is 0 Å². The lowest BCUT2D eigenvalue weighted by Crippen LogP contribution is -2.19. The first-order valence-corrected chi connectivity index (χ1v) is 5.24. The van der Waals surface area contributed by atoms with E-state index in [9.17, 15) is 4.79 Å². The summed E-state index contributed by atoms with van der Waals surface area (Å²) in [5.74, 6) is 2.48. The quantitative estimate of drug-likeness (QED) is 0.753. The molecular weight excluding hydrogens is 200 g/mol. The van der Waals surface area contributed by atoms with Gasteiger partial charge in [-0.25, -0.2) is 0 Å². The third kappa shape index (κ3) is 4.16. The van der Waals surface area contributed by atoms with E-state index in [1.165, 1.54) is 0 Å². The number of rotatable bonds is 4. The molecule has 1 atom stereocenters. The molecule has 0 radical (unpaired) electrons. The molecule has 0 fully saturated rings. The minimum absolute atomic E-state index is 0.0357. The van der Waals surface area contributed by atoms with Crippen molar-refractivity contribution in [3.63, 3.8) is 0 Å². The van der Waals surface area contributed by atoms with Gasteiger partial charge >= 0.3 is 0 Å². The molecule has 0 heterocycles. The van der Waals surface area contributed by atoms with Crippen LogP contribution in [0.15, 0.2) is 24.3 Å². The highest BCUT2D eigenvalue weighted by Gasteiger charge is 2.04. The molecule has 3 heteroatoms. The second kappa shape index (κ2) is 5.94. The van der Waals surface area contributed by atoms with Crippen LogP contribution in [0.25, 0.3) is 0 Å². The minimum Gasteiger partial charge on any atom is -0.328 e. The molecule has 1 unspecified atom stereocenters. The Morgan fingerprint density at radius 3 is 3.00 bits per heavy atom. The number of amides is 1. The summed E-state index contributed by atoms with van der Waals surface area (Å²) in [5.41, 5.74) is 7.05. The van der Waals surface area contributed by atoms with E-state index in [0.717, 1.165) is 11.3 Å². The predicted octanol–water partition coefficient (Wildman–Crippen LogP) is 1.73. The smallest absolute Gasteiger partial charge is 0.224 e. The van der Waals surface area contributed by atoms with Gasteiger partial charge < -0.3 is 11.1 Å². The maximum Gasteiger partial charge on any atom is 0.224 e. The third-order valence-electron chi connectivity index (χ3n) is 2.14. The number of nitrogens with one attached hydrogen (secondary N) is 1. The van der Waals surface area contributed by atoms with Crippen molar-refractivity contribution in [1.29, 1.82) is 0 Å². The van der Waals surface area contributed by atoms with Gasteiger partial charge in [0.1, 0.15) is 0 Å². The predicted molar refractivity (Wildman–Crippen MR) is 65.9 cm³/mol. The molecule has 16 heavy (non-hydrogen) atoms. The first-order valence-electron chi connectivity index (χ1n) is 5.24. The van der Waals surface area contributed by atoms with Crippen molar-refractivity contribution in [3.8, 4) is 12.3 Å². The lowest BCUT2D eigenvalue weighted by molar-refractivity contribution is -0.116. The van der Waals surface area contributed by atoms with Gasteiger partial charge in [-0.2, -0.15) is 0 Å². The number of nitrogens with two attached hydrogens (primary N) is 1. The maximum absolute atomic E-state index is 11.5. The van der Waals surface area contributed by atoms with Crippen LogP contribution < -0.4 is 11.1 Å². The summed E-state index contributed by atoms with van der Waals surface area (Å²) in [6.45, 7) is 1.88. The fourth-order valence-electron chi connectivity index (χ4n) is 1.27. The van der Waals surface area contributed by atoms with Gasteiger partial charge in [0.05, 0.1) is 0 Å². The minimum atomic E-state index is -0.0357. The summed E-state index contributed by atoms with van der Waals surface area (Å²) in [4.78, 5) is 11.5. The van der Waals surface area contributed by atoms with Crippen LogP contribution in [0, 0.1) is 12.3 Å². The van der Waals surface area contributed by atoms with Crippen molar-refractivity contribution in [2.24, 2.45) is 5.73 Å². The molecule has 0 spiro atoms. The van der Waals surface area contributed by atoms with Gasteiger partial charge in [0, 0.05) is 23.7 Å². The molecule has 84 valence electrons. The summed E-state index contributed by atoms with van der Waals surface area (Å²) in [6, 6.07) is 7.25. The van der Waals surface area contributed by atoms with E-state index in [1.807, 2.05) is 25.1 Å². The molecule has 1 aromatic carbocycles. The third-order valence-corrected chi connectivity index (χ3v) is 2.14. The summed E-state index contributed by atoms with van der Waals surface area (Å²) in [7, 11) is 0. The van der Waals surface area contributed by atoms with Gasteiger partial charge in [0.15, 0.2) is 0 Å². The second-order valence-corrected chi connectivity index (χ2v) is 3.79. The Kier molecular flexibility index (Phi) is 4.56. The molecule has 0 aliphatic rings. The number of carbonyl (C=O) groups is 1. The van der Waals surface area contributed by atoms with E-state index >= 15 is 0 Å². The van der Waals surface area contributed by atoms with Gasteiger partial charge in [0.2, 0.25) is 5.91 Å². The summed E-state index contributed by atoms with van der Waals surface area (Å²) in [6.07, 6.45) is 6.38. The molecule has 0 saturated heterocycles. The molecule has 0 aliphatic carbocycles. The molecular formula is C13H16N2O. The average Bonchev–Trinajstić information content (AvgIpc) is 2.26. The Balaban J connectivity index is 2.53. The van der Waals surface area contributed by atoms with E-state index in [0.29, 0.717) is 12.8 Å². The van der Waals surface area contributed by atoms with E-state index in [-0.39, 0.29) is 11.9 Å². The van der Waals surface area contributed by atoms with Gasteiger partial charge in [0.25, 0.3) is 0 Å². The topological polar surface area (TPSA) is 55.1 Å². The summed E-state index contributed by atoms with van der Waals surface area (Å²) >= 11 is 0. The van der Waals surface area contributed by atoms with Crippen molar-refractivity contribution in [2.75, 3.05) is 5.32 Å². The van der Waals surface area contributed by atoms with Crippen molar-refractivity contribution in [3.05, 3.63) is 29.8 Å². The number of terminal acetylenes is 1. The normalized spacial score (nSPS) is 11.6. The van der Waals surface area contributed by atoms with Crippen LogP contribution in [-0.2, 0) is 4.79 Å². The van der Waals surface area contributed by atoms with E-state index in [1.54, 1.807) is 6.07 Å². The number of hydrogen-bond acceptors (Lipinski definition) is 2. The first kappa shape index (κ1) is 12.3. The Morgan fingerprint density at radius 1 is 1.62 bits per heavy atom. The van der Waals surface area contributed by atoms with E-state index in [2.05, 4.69) is 11.2 Å². The van der Waals surface area contributed by atoms with Crippen molar-refractivity contribution in [2.45, 2.75) is 25.8 Å². The highest BCUT2D eigenvalue weighted by Crippen LogP contribution is 2.10. The molecule has 0 bridgehead atoms. The standard InChI is InChI=1S/C13H16N2O/c1-3-11-5-4-6-12(9-11)15-13(16)8-7-10(2)14/h1,4-6,9-10H,7-8,14H2,2H3,(H,15,16). The van der Waals surface area contributed by atoms with Crippen LogP contribution in [0.1, 0.15) is 25.3 Å². The molecule has 3 N–H and O–H groups in total. The average molecular weight is 216 g/mol. The highest BCUT2D eigenvalue weighted by atomic mass is 16.1. The van der Waals surface area contributed by atoms with Crippen LogP contribution >= 0.6 is 0 Å². The maximum atomic E-state index is 11.5. The lowest BCUT2D eigenvalue weighted by atomic mass is 10.1. The summed E-state index contributed by atoms with van der Waals surface area (Å²) < 4.78 is 0. The number of anilines is 1. The Morgan fingerprint density at radius 2 is 2.38 bits per heavy atom. The van der Waals surface area contributed by atoms with Crippen LogP contribution in [0.4, 0.5) is 5.69 Å². The highest BCUT2D eigenvalue weighted by molar-refractivity contribution is 5.90. The summed E-state index contributed by atoms with van der Waals surface area (Å²) in [5, 5.41) is 2.78. The molecule has 0 saturated carbocycles. The second-order valence-electron chi connectivity index (χ2n) is 3.79. The SMILES string of the molecule is C#Cc1cccc(NC(=O)CCC(C)N)c1. The number of carbonyl (C=O) groups excluding carboxylic acids is 1. The number of benzene rings is 1. The van der Waals surface area contributed by atoms with Gasteiger partial charge in [-0.3, -0.25) is 4.79 Å². The fourth-order valence-corrected chi connectivity index (χ4v) is 1.27. The lowest BCUT2D eigenvalue weighted by Gasteiger charge is -2.07. The molecule has 3 nitrogen and oxygen atoms in total. The zero-order valence-corrected chi connectivity index (χ0v) is 9.36. The first-order chi connectivity index (χ1) is 7.61. The zero-order valence-electron chi connectivity index (χ0n) is 9.36. The van der Waals surface area contributed by atoms with Gasteiger partial charge in [-0.15, -0.1) is 6.42 Å². The van der Waals surface area contributed by atoms with E-state index in [4.69, 9.17) is 12.2 Å². The monoisotopic (exact) mass is 216 g/mol. The van der Waals surface area contributed by atoms with Gasteiger partial charge in [-0.1, -0.05) is 12.0 Å². The molecule has 1 aromatic rings. The van der Waals surface area contributed by atoms with Gasteiger partial charge in [-0.05, 0) is 31.5 Å². The molecule has 1 rings (SSSR count). The fraction of sp³-hybridized carbons (Fsp3) is 0.308. The molecule has 0 aliphatic heterocycles. The van der Waals surface area contributed by atoms with Crippen LogP contribution in [0.3, 0.4) is 0 Å². The van der Waals surface area contributed by atoms with Crippen molar-refractivity contribution < 1.29 is 4.79 Å². The van der Waals surface area contributed by atoms with Crippen LogP contribution in [-0.4, -0.2) is 11.9 Å². The van der Waals surface area contributed by atoms with Crippen molar-refractivity contribution >= 4 is 11.6 Å². The van der Waals surface area contributed by atoms with Crippen LogP contribution in [0.2, 0.25) is 0 Å². The Hall–Kier alpha value is -1.79.